The maximum absolute atomic E-state index is 6.00. The summed E-state index contributed by atoms with van der Waals surface area (Å²) < 4.78 is 11.4. The lowest BCUT2D eigenvalue weighted by atomic mass is 9.56. The molecule has 3 nitrogen and oxygen atoms in total. The quantitative estimate of drug-likeness (QED) is 0.830. The number of likely N-dealkylation sites (tertiary alicyclic amines) is 1. The fraction of sp³-hybridized carbons (Fsp3) is 0.625. The smallest absolute Gasteiger partial charge is 0.119 e. The molecule has 3 heteroatoms. The summed E-state index contributed by atoms with van der Waals surface area (Å²) in [6.45, 7) is 5.16. The van der Waals surface area contributed by atoms with Gasteiger partial charge < -0.3 is 14.4 Å². The maximum Gasteiger partial charge on any atom is 0.119 e. The number of hydrogen-bond acceptors (Lipinski definition) is 3. The van der Waals surface area contributed by atoms with E-state index in [4.69, 9.17) is 9.47 Å². The minimum absolute atomic E-state index is 0.180. The van der Waals surface area contributed by atoms with Gasteiger partial charge in [-0.25, -0.2) is 0 Å². The molecule has 3 rings (SSSR count). The van der Waals surface area contributed by atoms with Crippen molar-refractivity contribution in [1.82, 2.24) is 4.90 Å². The average molecular weight is 261 g/mol. The van der Waals surface area contributed by atoms with Crippen LogP contribution in [0.5, 0.6) is 5.75 Å². The molecule has 19 heavy (non-hydrogen) atoms. The molecule has 2 aliphatic rings. The fourth-order valence-electron chi connectivity index (χ4n) is 3.98. The van der Waals surface area contributed by atoms with Crippen LogP contribution in [0.4, 0.5) is 0 Å². The summed E-state index contributed by atoms with van der Waals surface area (Å²) in [6.07, 6.45) is 1.55. The van der Waals surface area contributed by atoms with Gasteiger partial charge in [-0.3, -0.25) is 0 Å². The van der Waals surface area contributed by atoms with Crippen LogP contribution in [0.15, 0.2) is 24.3 Å². The molecule has 1 saturated heterocycles. The van der Waals surface area contributed by atoms with Crippen molar-refractivity contribution in [2.45, 2.75) is 24.9 Å². The number of rotatable bonds is 4. The van der Waals surface area contributed by atoms with Crippen LogP contribution in [0.1, 0.15) is 18.9 Å². The van der Waals surface area contributed by atoms with Crippen molar-refractivity contribution in [2.75, 3.05) is 33.9 Å². The highest BCUT2D eigenvalue weighted by Crippen LogP contribution is 2.55. The predicted octanol–water partition coefficient (Wildman–Crippen LogP) is 2.30. The van der Waals surface area contributed by atoms with E-state index in [2.05, 4.69) is 37.1 Å². The Hall–Kier alpha value is -1.06. The summed E-state index contributed by atoms with van der Waals surface area (Å²) in [5, 5.41) is 0. The van der Waals surface area contributed by atoms with Gasteiger partial charge in [0, 0.05) is 25.1 Å². The third-order valence-corrected chi connectivity index (χ3v) is 4.84. The summed E-state index contributed by atoms with van der Waals surface area (Å²) >= 11 is 0. The molecule has 1 aromatic carbocycles. The van der Waals surface area contributed by atoms with Crippen LogP contribution in [0.2, 0.25) is 0 Å². The van der Waals surface area contributed by atoms with Crippen LogP contribution in [0.3, 0.4) is 0 Å². The van der Waals surface area contributed by atoms with Gasteiger partial charge in [-0.2, -0.15) is 0 Å². The van der Waals surface area contributed by atoms with Crippen LogP contribution in [0.25, 0.3) is 0 Å². The number of ether oxygens (including phenoxy) is 2. The fourth-order valence-corrected chi connectivity index (χ4v) is 3.98. The SMILES string of the molecule is CCOC1CC2CN(C)CC21c1cccc(OC)c1. The van der Waals surface area contributed by atoms with Crippen molar-refractivity contribution in [3.8, 4) is 5.75 Å². The van der Waals surface area contributed by atoms with Gasteiger partial charge in [-0.15, -0.1) is 0 Å². The molecule has 2 fully saturated rings. The second-order valence-electron chi connectivity index (χ2n) is 5.85. The first-order chi connectivity index (χ1) is 9.20. The highest BCUT2D eigenvalue weighted by atomic mass is 16.5. The lowest BCUT2D eigenvalue weighted by Gasteiger charge is -2.51. The molecule has 0 radical (unpaired) electrons. The Bertz CT molecular complexity index is 462. The van der Waals surface area contributed by atoms with Crippen molar-refractivity contribution in [2.24, 2.45) is 5.92 Å². The lowest BCUT2D eigenvalue weighted by molar-refractivity contribution is -0.0848. The van der Waals surface area contributed by atoms with Crippen LogP contribution in [0, 0.1) is 5.92 Å². The lowest BCUT2D eigenvalue weighted by Crippen LogP contribution is -2.57. The molecule has 1 aromatic rings. The third kappa shape index (κ3) is 1.87. The van der Waals surface area contributed by atoms with E-state index in [0.717, 1.165) is 24.8 Å². The number of methoxy groups -OCH3 is 1. The molecule has 3 atom stereocenters. The molecule has 3 unspecified atom stereocenters. The summed E-state index contributed by atoms with van der Waals surface area (Å²) in [5.41, 5.74) is 1.56. The van der Waals surface area contributed by atoms with E-state index in [1.165, 1.54) is 18.5 Å². The zero-order valence-corrected chi connectivity index (χ0v) is 12.1. The Morgan fingerprint density at radius 1 is 1.42 bits per heavy atom. The molecule has 1 aliphatic heterocycles. The third-order valence-electron chi connectivity index (χ3n) is 4.84. The first kappa shape index (κ1) is 12.9. The number of likely N-dealkylation sites (N-methyl/N-ethyl adjacent to an activating group) is 1. The van der Waals surface area contributed by atoms with Crippen LogP contribution in [-0.2, 0) is 10.2 Å². The number of nitrogens with zero attached hydrogens (tertiary/aromatic N) is 1. The highest BCUT2D eigenvalue weighted by Gasteiger charge is 2.60. The van der Waals surface area contributed by atoms with Gasteiger partial charge in [-0.1, -0.05) is 12.1 Å². The monoisotopic (exact) mass is 261 g/mol. The van der Waals surface area contributed by atoms with Gasteiger partial charge in [0.15, 0.2) is 0 Å². The maximum atomic E-state index is 6.00. The van der Waals surface area contributed by atoms with E-state index in [9.17, 15) is 0 Å². The van der Waals surface area contributed by atoms with Crippen LogP contribution >= 0.6 is 0 Å². The Morgan fingerprint density at radius 3 is 2.95 bits per heavy atom. The van der Waals surface area contributed by atoms with Gasteiger partial charge in [0.1, 0.15) is 5.75 Å². The number of fused-ring (bicyclic) bond motifs is 1. The van der Waals surface area contributed by atoms with Crippen molar-refractivity contribution in [3.63, 3.8) is 0 Å². The minimum atomic E-state index is 0.180. The number of hydrogen-bond donors (Lipinski definition) is 0. The second kappa shape index (κ2) is 4.80. The molecule has 1 aliphatic carbocycles. The average Bonchev–Trinajstić information content (AvgIpc) is 2.69. The van der Waals surface area contributed by atoms with Crippen molar-refractivity contribution in [3.05, 3.63) is 29.8 Å². The normalized spacial score (nSPS) is 33.8. The van der Waals surface area contributed by atoms with Gasteiger partial charge in [0.25, 0.3) is 0 Å². The van der Waals surface area contributed by atoms with Crippen LogP contribution < -0.4 is 4.74 Å². The van der Waals surface area contributed by atoms with Gasteiger partial charge in [-0.05, 0) is 44.0 Å². The molecule has 0 N–H and O–H groups in total. The first-order valence-electron chi connectivity index (χ1n) is 7.15. The second-order valence-corrected chi connectivity index (χ2v) is 5.85. The van der Waals surface area contributed by atoms with E-state index in [-0.39, 0.29) is 5.41 Å². The van der Waals surface area contributed by atoms with E-state index >= 15 is 0 Å². The summed E-state index contributed by atoms with van der Waals surface area (Å²) in [6, 6.07) is 8.54. The molecule has 0 spiro atoms. The summed E-state index contributed by atoms with van der Waals surface area (Å²) in [4.78, 5) is 2.43. The first-order valence-corrected chi connectivity index (χ1v) is 7.15. The standard InChI is InChI=1S/C16H23NO2/c1-4-19-15-9-13-10-17(2)11-16(13,15)12-6-5-7-14(8-12)18-3/h5-8,13,15H,4,9-11H2,1-3H3. The van der Waals surface area contributed by atoms with E-state index in [1.807, 2.05) is 6.07 Å². The summed E-state index contributed by atoms with van der Waals surface area (Å²) in [7, 11) is 3.94. The zero-order valence-electron chi connectivity index (χ0n) is 12.1. The molecular weight excluding hydrogens is 238 g/mol. The van der Waals surface area contributed by atoms with Gasteiger partial charge in [0.2, 0.25) is 0 Å². The number of benzene rings is 1. The molecule has 0 amide bonds. The van der Waals surface area contributed by atoms with Crippen molar-refractivity contribution >= 4 is 0 Å². The Kier molecular flexibility index (Phi) is 3.27. The summed E-state index contributed by atoms with van der Waals surface area (Å²) in [5.74, 6) is 1.67. The molecular formula is C16H23NO2. The zero-order chi connectivity index (χ0) is 13.5. The highest BCUT2D eigenvalue weighted by molar-refractivity contribution is 5.40. The molecule has 104 valence electrons. The van der Waals surface area contributed by atoms with E-state index < -0.39 is 0 Å². The largest absolute Gasteiger partial charge is 0.497 e. The van der Waals surface area contributed by atoms with Crippen molar-refractivity contribution < 1.29 is 9.47 Å². The molecule has 0 bridgehead atoms. The Balaban J connectivity index is 1.97. The van der Waals surface area contributed by atoms with Crippen molar-refractivity contribution in [1.29, 1.82) is 0 Å². The molecule has 1 saturated carbocycles. The van der Waals surface area contributed by atoms with Crippen LogP contribution in [-0.4, -0.2) is 44.9 Å². The van der Waals surface area contributed by atoms with E-state index in [1.54, 1.807) is 7.11 Å². The van der Waals surface area contributed by atoms with Gasteiger partial charge >= 0.3 is 0 Å². The Morgan fingerprint density at radius 2 is 2.26 bits per heavy atom. The minimum Gasteiger partial charge on any atom is -0.497 e. The Labute approximate surface area is 115 Å². The van der Waals surface area contributed by atoms with Gasteiger partial charge in [0.05, 0.1) is 13.2 Å². The topological polar surface area (TPSA) is 21.7 Å². The molecule has 0 aromatic heterocycles. The van der Waals surface area contributed by atoms with E-state index in [0.29, 0.717) is 6.10 Å². The molecule has 1 heterocycles. The predicted molar refractivity (Wildman–Crippen MR) is 75.7 cm³/mol.